The van der Waals surface area contributed by atoms with Crippen LogP contribution >= 0.6 is 24.0 Å². The molecule has 8 heteroatoms. The van der Waals surface area contributed by atoms with Gasteiger partial charge in [-0.05, 0) is 30.2 Å². The molecule has 2 aromatic carbocycles. The Bertz CT molecular complexity index is 1030. The fourth-order valence-electron chi connectivity index (χ4n) is 3.48. The molecule has 0 amide bonds. The Balaban J connectivity index is 0.00000363. The number of aliphatic imine (C=N–C) groups is 1. The molecule has 0 aliphatic heterocycles. The first-order valence-electron chi connectivity index (χ1n) is 10.2. The topological polar surface area (TPSA) is 63.9 Å². The van der Waals surface area contributed by atoms with E-state index >= 15 is 0 Å². The maximum absolute atomic E-state index is 5.52. The van der Waals surface area contributed by atoms with E-state index < -0.39 is 0 Å². The minimum Gasteiger partial charge on any atom is -0.497 e. The van der Waals surface area contributed by atoms with Gasteiger partial charge in [-0.15, -0.1) is 24.0 Å². The molecule has 0 bridgehead atoms. The summed E-state index contributed by atoms with van der Waals surface area (Å²) in [6, 6.07) is 14.4. The molecule has 0 spiro atoms. The van der Waals surface area contributed by atoms with E-state index in [1.54, 1.807) is 21.3 Å². The van der Waals surface area contributed by atoms with Gasteiger partial charge in [-0.2, -0.15) is 0 Å². The number of benzene rings is 2. The molecule has 32 heavy (non-hydrogen) atoms. The quantitative estimate of drug-likeness (QED) is 0.261. The third kappa shape index (κ3) is 6.62. The number of imidazole rings is 1. The third-order valence-corrected chi connectivity index (χ3v) is 5.19. The number of ether oxygens (including phenoxy) is 2. The minimum atomic E-state index is 0. The summed E-state index contributed by atoms with van der Waals surface area (Å²) in [6.07, 6.45) is 3.84. The molecule has 0 saturated heterocycles. The van der Waals surface area contributed by atoms with Crippen molar-refractivity contribution in [2.75, 3.05) is 28.3 Å². The van der Waals surface area contributed by atoms with Gasteiger partial charge in [0.1, 0.15) is 17.3 Å². The van der Waals surface area contributed by atoms with Crippen LogP contribution in [0.4, 0.5) is 0 Å². The lowest BCUT2D eigenvalue weighted by Crippen LogP contribution is -2.38. The monoisotopic (exact) mass is 549 g/mol. The van der Waals surface area contributed by atoms with Crippen LogP contribution in [0.3, 0.4) is 0 Å². The lowest BCUT2D eigenvalue weighted by Gasteiger charge is -2.23. The third-order valence-electron chi connectivity index (χ3n) is 5.19. The highest BCUT2D eigenvalue weighted by Gasteiger charge is 2.11. The van der Waals surface area contributed by atoms with Crippen LogP contribution < -0.4 is 14.8 Å². The highest BCUT2D eigenvalue weighted by Crippen LogP contribution is 2.25. The molecular formula is C24H32IN5O2. The van der Waals surface area contributed by atoms with E-state index in [9.17, 15) is 0 Å². The van der Waals surface area contributed by atoms with Gasteiger partial charge >= 0.3 is 0 Å². The van der Waals surface area contributed by atoms with Crippen LogP contribution in [0.25, 0.3) is 0 Å². The van der Waals surface area contributed by atoms with Crippen LogP contribution in [0.1, 0.15) is 22.5 Å². The smallest absolute Gasteiger partial charge is 0.193 e. The number of hydrogen-bond acceptors (Lipinski definition) is 4. The van der Waals surface area contributed by atoms with Crippen molar-refractivity contribution in [2.24, 2.45) is 4.99 Å². The normalized spacial score (nSPS) is 11.0. The highest BCUT2D eigenvalue weighted by molar-refractivity contribution is 14.0. The average Bonchev–Trinajstić information content (AvgIpc) is 3.19. The molecule has 3 aromatic rings. The van der Waals surface area contributed by atoms with Gasteiger partial charge in [0.2, 0.25) is 0 Å². The molecule has 0 aliphatic rings. The van der Waals surface area contributed by atoms with Crippen molar-refractivity contribution >= 4 is 29.9 Å². The summed E-state index contributed by atoms with van der Waals surface area (Å²) >= 11 is 0. The Morgan fingerprint density at radius 2 is 1.91 bits per heavy atom. The lowest BCUT2D eigenvalue weighted by molar-refractivity contribution is 0.382. The Hall–Kier alpha value is -2.75. The Labute approximate surface area is 207 Å². The zero-order valence-corrected chi connectivity index (χ0v) is 21.7. The number of hydrogen-bond donors (Lipinski definition) is 1. The molecule has 172 valence electrons. The summed E-state index contributed by atoms with van der Waals surface area (Å²) in [7, 11) is 7.13. The number of aryl methyl sites for hydroxylation is 1. The molecule has 3 rings (SSSR count). The van der Waals surface area contributed by atoms with Crippen molar-refractivity contribution in [1.29, 1.82) is 0 Å². The van der Waals surface area contributed by atoms with E-state index in [1.807, 2.05) is 44.6 Å². The summed E-state index contributed by atoms with van der Waals surface area (Å²) in [4.78, 5) is 10.8. The molecule has 1 aromatic heterocycles. The standard InChI is InChI=1S/C24H31N5O2.HI/c1-18-26-11-12-29(18)16-20-8-6-7-19(13-20)15-27-24(25-2)28(3)17-21-9-10-22(30-4)14-23(21)31-5;/h6-14H,15-17H2,1-5H3,(H,25,27);1H. The van der Waals surface area contributed by atoms with Gasteiger partial charge in [-0.3, -0.25) is 4.99 Å². The van der Waals surface area contributed by atoms with Crippen molar-refractivity contribution in [1.82, 2.24) is 19.8 Å². The van der Waals surface area contributed by atoms with Crippen molar-refractivity contribution < 1.29 is 9.47 Å². The molecule has 7 nitrogen and oxygen atoms in total. The molecule has 0 atom stereocenters. The molecule has 0 fully saturated rings. The number of nitrogens with zero attached hydrogens (tertiary/aromatic N) is 4. The maximum Gasteiger partial charge on any atom is 0.193 e. The van der Waals surface area contributed by atoms with E-state index in [4.69, 9.17) is 9.47 Å². The molecule has 0 radical (unpaired) electrons. The van der Waals surface area contributed by atoms with Crippen LogP contribution in [0.15, 0.2) is 59.9 Å². The van der Waals surface area contributed by atoms with Crippen LogP contribution in [0, 0.1) is 6.92 Å². The van der Waals surface area contributed by atoms with E-state index in [1.165, 1.54) is 11.1 Å². The van der Waals surface area contributed by atoms with Crippen LogP contribution in [0.5, 0.6) is 11.5 Å². The van der Waals surface area contributed by atoms with E-state index in [0.717, 1.165) is 35.4 Å². The first-order valence-corrected chi connectivity index (χ1v) is 10.2. The molecule has 1 heterocycles. The first-order chi connectivity index (χ1) is 15.0. The Kier molecular flexibility index (Phi) is 9.83. The van der Waals surface area contributed by atoms with Crippen molar-refractivity contribution in [3.63, 3.8) is 0 Å². The largest absolute Gasteiger partial charge is 0.497 e. The van der Waals surface area contributed by atoms with Gasteiger partial charge in [0.25, 0.3) is 0 Å². The summed E-state index contributed by atoms with van der Waals surface area (Å²) in [5.41, 5.74) is 3.50. The van der Waals surface area contributed by atoms with Crippen LogP contribution in [-0.2, 0) is 19.6 Å². The van der Waals surface area contributed by atoms with Crippen LogP contribution in [-0.4, -0.2) is 48.7 Å². The van der Waals surface area contributed by atoms with E-state index in [2.05, 4.69) is 49.0 Å². The summed E-state index contributed by atoms with van der Waals surface area (Å²) in [5.74, 6) is 3.40. The average molecular weight is 549 g/mol. The molecule has 0 saturated carbocycles. The summed E-state index contributed by atoms with van der Waals surface area (Å²) in [5, 5.41) is 3.45. The van der Waals surface area contributed by atoms with Gasteiger partial charge < -0.3 is 24.3 Å². The molecule has 0 unspecified atom stereocenters. The summed E-state index contributed by atoms with van der Waals surface area (Å²) < 4.78 is 13.0. The van der Waals surface area contributed by atoms with Gasteiger partial charge in [-0.1, -0.05) is 24.3 Å². The maximum atomic E-state index is 5.52. The van der Waals surface area contributed by atoms with Crippen molar-refractivity contribution in [3.8, 4) is 11.5 Å². The number of nitrogens with one attached hydrogen (secondary N) is 1. The second-order valence-corrected chi connectivity index (χ2v) is 7.36. The fraction of sp³-hybridized carbons (Fsp3) is 0.333. The van der Waals surface area contributed by atoms with Gasteiger partial charge in [0.15, 0.2) is 5.96 Å². The molecule has 1 N–H and O–H groups in total. The van der Waals surface area contributed by atoms with Gasteiger partial charge in [0, 0.05) is 57.8 Å². The number of rotatable bonds is 8. The van der Waals surface area contributed by atoms with E-state index in [0.29, 0.717) is 13.1 Å². The lowest BCUT2D eigenvalue weighted by atomic mass is 10.1. The second-order valence-electron chi connectivity index (χ2n) is 7.36. The SMILES string of the molecule is CN=C(NCc1cccc(Cn2ccnc2C)c1)N(C)Cc1ccc(OC)cc1OC.I. The van der Waals surface area contributed by atoms with Crippen molar-refractivity contribution in [3.05, 3.63) is 77.4 Å². The summed E-state index contributed by atoms with van der Waals surface area (Å²) in [6.45, 7) is 4.18. The second kappa shape index (κ2) is 12.3. The number of methoxy groups -OCH3 is 2. The van der Waals surface area contributed by atoms with Gasteiger partial charge in [-0.25, -0.2) is 4.98 Å². The Morgan fingerprint density at radius 3 is 2.56 bits per heavy atom. The fourth-order valence-corrected chi connectivity index (χ4v) is 3.48. The molecule has 0 aliphatic carbocycles. The molecular weight excluding hydrogens is 517 g/mol. The number of halogens is 1. The number of aromatic nitrogens is 2. The predicted molar refractivity (Wildman–Crippen MR) is 139 cm³/mol. The predicted octanol–water partition coefficient (Wildman–Crippen LogP) is 4.08. The highest BCUT2D eigenvalue weighted by atomic mass is 127. The van der Waals surface area contributed by atoms with Gasteiger partial charge in [0.05, 0.1) is 14.2 Å². The first kappa shape index (κ1) is 25.5. The zero-order valence-electron chi connectivity index (χ0n) is 19.3. The number of guanidine groups is 1. The minimum absolute atomic E-state index is 0. The Morgan fingerprint density at radius 1 is 1.12 bits per heavy atom. The van der Waals surface area contributed by atoms with Crippen LogP contribution in [0.2, 0.25) is 0 Å². The zero-order chi connectivity index (χ0) is 22.2. The van der Waals surface area contributed by atoms with Crippen molar-refractivity contribution in [2.45, 2.75) is 26.6 Å². The van der Waals surface area contributed by atoms with E-state index in [-0.39, 0.29) is 24.0 Å².